The van der Waals surface area contributed by atoms with Crippen molar-refractivity contribution < 1.29 is 22.7 Å². The van der Waals surface area contributed by atoms with Gasteiger partial charge in [0.25, 0.3) is 10.2 Å². The molecule has 0 aliphatic carbocycles. The Bertz CT molecular complexity index is 449. The Morgan fingerprint density at radius 2 is 1.80 bits per heavy atom. The van der Waals surface area contributed by atoms with Gasteiger partial charge in [0.2, 0.25) is 5.91 Å². The minimum atomic E-state index is -3.57. The van der Waals surface area contributed by atoms with E-state index in [1.807, 2.05) is 0 Å². The first-order chi connectivity index (χ1) is 9.35. The van der Waals surface area contributed by atoms with Crippen LogP contribution in [0, 0.1) is 0 Å². The highest BCUT2D eigenvalue weighted by Crippen LogP contribution is 2.31. The second-order valence-corrected chi connectivity index (χ2v) is 7.07. The van der Waals surface area contributed by atoms with Crippen LogP contribution in [0.25, 0.3) is 0 Å². The lowest BCUT2D eigenvalue weighted by Crippen LogP contribution is -2.50. The van der Waals surface area contributed by atoms with Gasteiger partial charge in [-0.1, -0.05) is 0 Å². The van der Waals surface area contributed by atoms with Crippen molar-refractivity contribution in [1.82, 2.24) is 13.9 Å². The van der Waals surface area contributed by atoms with Gasteiger partial charge >= 0.3 is 0 Å². The van der Waals surface area contributed by atoms with E-state index in [-0.39, 0.29) is 12.5 Å². The first-order valence-corrected chi connectivity index (χ1v) is 8.01. The Morgan fingerprint density at radius 3 is 2.30 bits per heavy atom. The topological polar surface area (TPSA) is 88.2 Å². The van der Waals surface area contributed by atoms with Crippen molar-refractivity contribution in [2.45, 2.75) is 18.6 Å². The summed E-state index contributed by atoms with van der Waals surface area (Å²) < 4.78 is 37.5. The number of piperidine rings is 1. The lowest BCUT2D eigenvalue weighted by molar-refractivity contribution is -0.187. The second-order valence-electron chi connectivity index (χ2n) is 5.10. The average Bonchev–Trinajstić information content (AvgIpc) is 2.85. The third-order valence-electron chi connectivity index (χ3n) is 3.58. The van der Waals surface area contributed by atoms with Crippen LogP contribution in [0.2, 0.25) is 0 Å². The minimum Gasteiger partial charge on any atom is -0.347 e. The third kappa shape index (κ3) is 3.47. The largest absolute Gasteiger partial charge is 0.347 e. The first-order valence-electron chi connectivity index (χ1n) is 6.57. The summed E-state index contributed by atoms with van der Waals surface area (Å²) in [5.41, 5.74) is 0. The summed E-state index contributed by atoms with van der Waals surface area (Å²) in [6, 6.07) is 0. The van der Waals surface area contributed by atoms with Gasteiger partial charge in [0.1, 0.15) is 0 Å². The Balaban J connectivity index is 1.80. The summed E-state index contributed by atoms with van der Waals surface area (Å²) in [4.78, 5) is 13.6. The molecule has 0 radical (unpaired) electrons. The Labute approximate surface area is 119 Å². The van der Waals surface area contributed by atoms with E-state index in [9.17, 15) is 13.2 Å². The molecule has 1 N–H and O–H groups in total. The number of likely N-dealkylation sites (tertiary alicyclic amines) is 1. The summed E-state index contributed by atoms with van der Waals surface area (Å²) in [6.07, 6.45) is 1.25. The molecule has 0 aromatic carbocycles. The smallest absolute Gasteiger partial charge is 0.279 e. The Morgan fingerprint density at radius 1 is 1.25 bits per heavy atom. The molecule has 0 aromatic heterocycles. The maximum Gasteiger partial charge on any atom is 0.279 e. The number of hydrogen-bond acceptors (Lipinski definition) is 5. The lowest BCUT2D eigenvalue weighted by Gasteiger charge is -2.37. The van der Waals surface area contributed by atoms with Crippen molar-refractivity contribution >= 4 is 16.1 Å². The summed E-state index contributed by atoms with van der Waals surface area (Å²) in [5, 5.41) is 0. The number of carbonyl (C=O) groups excluding carboxylic acids is 1. The highest BCUT2D eigenvalue weighted by Gasteiger charge is 2.40. The quantitative estimate of drug-likeness (QED) is 0.701. The molecule has 2 aliphatic heterocycles. The van der Waals surface area contributed by atoms with Gasteiger partial charge in [-0.3, -0.25) is 4.79 Å². The van der Waals surface area contributed by atoms with Crippen molar-refractivity contribution in [3.05, 3.63) is 0 Å². The molecule has 0 saturated carbocycles. The highest BCUT2D eigenvalue weighted by atomic mass is 32.2. The van der Waals surface area contributed by atoms with Crippen molar-refractivity contribution in [3.8, 4) is 0 Å². The zero-order chi connectivity index (χ0) is 14.8. The van der Waals surface area contributed by atoms with Crippen LogP contribution in [0.15, 0.2) is 0 Å². The Hall–Kier alpha value is -0.740. The highest BCUT2D eigenvalue weighted by molar-refractivity contribution is 7.87. The van der Waals surface area contributed by atoms with E-state index in [1.165, 1.54) is 14.1 Å². The van der Waals surface area contributed by atoms with Crippen LogP contribution in [-0.4, -0.2) is 76.3 Å². The third-order valence-corrected chi connectivity index (χ3v) is 5.05. The molecule has 2 rings (SSSR count). The van der Waals surface area contributed by atoms with Gasteiger partial charge in [-0.15, -0.1) is 0 Å². The van der Waals surface area contributed by atoms with E-state index in [0.29, 0.717) is 39.1 Å². The predicted molar refractivity (Wildman–Crippen MR) is 71.1 cm³/mol. The number of nitrogens with zero attached hydrogens (tertiary/aromatic N) is 2. The van der Waals surface area contributed by atoms with Gasteiger partial charge in [0.05, 0.1) is 19.8 Å². The van der Waals surface area contributed by atoms with E-state index in [2.05, 4.69) is 4.72 Å². The predicted octanol–water partition coefficient (Wildman–Crippen LogP) is -1.25. The van der Waals surface area contributed by atoms with Gasteiger partial charge in [-0.25, -0.2) is 0 Å². The molecule has 8 nitrogen and oxygen atoms in total. The summed E-state index contributed by atoms with van der Waals surface area (Å²) in [7, 11) is -0.750. The van der Waals surface area contributed by atoms with Gasteiger partial charge in [0.15, 0.2) is 5.79 Å². The standard InChI is InChI=1S/C11H21N3O5S/c1-13(2)20(16,17)12-9-10(15)14-5-3-11(4-6-14)18-7-8-19-11/h12H,3-9H2,1-2H3. The van der Waals surface area contributed by atoms with Crippen LogP contribution >= 0.6 is 0 Å². The van der Waals surface area contributed by atoms with E-state index >= 15 is 0 Å². The molecule has 0 atom stereocenters. The van der Waals surface area contributed by atoms with Crippen molar-refractivity contribution in [3.63, 3.8) is 0 Å². The monoisotopic (exact) mass is 307 g/mol. The van der Waals surface area contributed by atoms with Gasteiger partial charge in [0, 0.05) is 40.0 Å². The molecule has 0 unspecified atom stereocenters. The van der Waals surface area contributed by atoms with Crippen molar-refractivity contribution in [2.75, 3.05) is 46.9 Å². The molecular weight excluding hydrogens is 286 g/mol. The Kier molecular flexibility index (Phi) is 4.65. The number of carbonyl (C=O) groups is 1. The molecule has 2 heterocycles. The molecule has 0 aromatic rings. The maximum absolute atomic E-state index is 12.0. The van der Waals surface area contributed by atoms with Crippen LogP contribution < -0.4 is 4.72 Å². The number of ether oxygens (including phenoxy) is 2. The molecule has 116 valence electrons. The number of hydrogen-bond donors (Lipinski definition) is 1. The minimum absolute atomic E-state index is 0.227. The average molecular weight is 307 g/mol. The van der Waals surface area contributed by atoms with Gasteiger partial charge < -0.3 is 14.4 Å². The SMILES string of the molecule is CN(C)S(=O)(=O)NCC(=O)N1CCC2(CC1)OCCO2. The summed E-state index contributed by atoms with van der Waals surface area (Å²) in [5.74, 6) is -0.761. The normalized spacial score (nSPS) is 22.6. The number of amides is 1. The van der Waals surface area contributed by atoms with E-state index < -0.39 is 16.0 Å². The lowest BCUT2D eigenvalue weighted by atomic mass is 10.0. The molecule has 2 fully saturated rings. The van der Waals surface area contributed by atoms with Crippen LogP contribution in [0.3, 0.4) is 0 Å². The van der Waals surface area contributed by atoms with Crippen LogP contribution in [0.5, 0.6) is 0 Å². The van der Waals surface area contributed by atoms with Crippen LogP contribution in [-0.2, 0) is 24.5 Å². The molecule has 0 bridgehead atoms. The number of nitrogens with one attached hydrogen (secondary N) is 1. The zero-order valence-corrected chi connectivity index (χ0v) is 12.6. The van der Waals surface area contributed by atoms with E-state index in [1.54, 1.807) is 4.90 Å². The van der Waals surface area contributed by atoms with Crippen LogP contribution in [0.4, 0.5) is 0 Å². The fraction of sp³-hybridized carbons (Fsp3) is 0.909. The molecule has 2 aliphatic rings. The molecule has 1 spiro atoms. The van der Waals surface area contributed by atoms with Gasteiger partial charge in [-0.05, 0) is 0 Å². The van der Waals surface area contributed by atoms with E-state index in [0.717, 1.165) is 4.31 Å². The molecule has 9 heteroatoms. The zero-order valence-electron chi connectivity index (χ0n) is 11.8. The number of rotatable bonds is 4. The summed E-state index contributed by atoms with van der Waals surface area (Å²) >= 11 is 0. The maximum atomic E-state index is 12.0. The first kappa shape index (κ1) is 15.6. The van der Waals surface area contributed by atoms with Crippen molar-refractivity contribution in [2.24, 2.45) is 0 Å². The molecule has 20 heavy (non-hydrogen) atoms. The van der Waals surface area contributed by atoms with Gasteiger partial charge in [-0.2, -0.15) is 17.4 Å². The fourth-order valence-electron chi connectivity index (χ4n) is 2.28. The molecule has 2 saturated heterocycles. The fourth-order valence-corrected chi connectivity index (χ4v) is 2.84. The molecular formula is C11H21N3O5S. The second kappa shape index (κ2) is 5.94. The van der Waals surface area contributed by atoms with Crippen molar-refractivity contribution in [1.29, 1.82) is 0 Å². The summed E-state index contributed by atoms with van der Waals surface area (Å²) in [6.45, 7) is 1.99. The van der Waals surface area contributed by atoms with Crippen LogP contribution in [0.1, 0.15) is 12.8 Å². The molecule has 1 amide bonds. The van der Waals surface area contributed by atoms with E-state index in [4.69, 9.17) is 9.47 Å².